The molecule has 2 unspecified atom stereocenters. The Morgan fingerprint density at radius 2 is 1.94 bits per heavy atom. The Bertz CT molecular complexity index is 1210. The lowest BCUT2D eigenvalue weighted by Gasteiger charge is -2.27. The molecule has 3 N–H and O–H groups in total. The Morgan fingerprint density at radius 1 is 1.12 bits per heavy atom. The predicted octanol–water partition coefficient (Wildman–Crippen LogP) is 4.96. The minimum atomic E-state index is -0.972. The number of anilines is 1. The number of nitrogens with one attached hydrogen (secondary N) is 1. The number of rotatable bonds is 4. The lowest BCUT2D eigenvalue weighted by Crippen LogP contribution is -2.25. The van der Waals surface area contributed by atoms with Crippen molar-refractivity contribution in [2.75, 3.05) is 5.32 Å². The number of nitrogens with two attached hydrogens (primary N) is 1. The standard InChI is InChI=1S/C24H21F3N4O/c1-13-8-14(10-16(28)9-13)17-6-7-29-12-22(17)31-24(32)21-5-4-19(26)23(30-21)18-3-2-15(25)11-20(18)27/h2-7,9,11-12,14,16H,8,10,28H2,1H3,(H,31,32). The molecular weight excluding hydrogens is 417 g/mol. The van der Waals surface area contributed by atoms with E-state index in [-0.39, 0.29) is 28.9 Å². The van der Waals surface area contributed by atoms with E-state index in [2.05, 4.69) is 15.3 Å². The number of hydrogen-bond donors (Lipinski definition) is 2. The summed E-state index contributed by atoms with van der Waals surface area (Å²) in [7, 11) is 0. The molecule has 4 rings (SSSR count). The van der Waals surface area contributed by atoms with E-state index in [0.717, 1.165) is 36.6 Å². The summed E-state index contributed by atoms with van der Waals surface area (Å²) < 4.78 is 41.7. The topological polar surface area (TPSA) is 80.9 Å². The fourth-order valence-electron chi connectivity index (χ4n) is 4.03. The number of pyridine rings is 2. The molecule has 1 aromatic carbocycles. The van der Waals surface area contributed by atoms with E-state index >= 15 is 0 Å². The number of hydrogen-bond acceptors (Lipinski definition) is 4. The molecule has 3 aromatic rings. The van der Waals surface area contributed by atoms with Crippen LogP contribution in [0.25, 0.3) is 11.3 Å². The smallest absolute Gasteiger partial charge is 0.274 e. The fraction of sp³-hybridized carbons (Fsp3) is 0.208. The highest BCUT2D eigenvalue weighted by molar-refractivity contribution is 6.03. The SMILES string of the molecule is CC1=CC(N)CC(c2ccncc2NC(=O)c2ccc(F)c(-c3ccc(F)cc3F)n2)C1. The summed E-state index contributed by atoms with van der Waals surface area (Å²) in [4.78, 5) is 21.0. The van der Waals surface area contributed by atoms with Gasteiger partial charge in [0, 0.05) is 23.9 Å². The van der Waals surface area contributed by atoms with Gasteiger partial charge in [0.1, 0.15) is 28.8 Å². The van der Waals surface area contributed by atoms with Gasteiger partial charge in [0.2, 0.25) is 0 Å². The van der Waals surface area contributed by atoms with Gasteiger partial charge >= 0.3 is 0 Å². The van der Waals surface area contributed by atoms with E-state index in [1.54, 1.807) is 6.20 Å². The Hall–Kier alpha value is -3.52. The van der Waals surface area contributed by atoms with Crippen LogP contribution in [-0.2, 0) is 0 Å². The van der Waals surface area contributed by atoms with Crippen LogP contribution in [0.15, 0.2) is 60.4 Å². The Kier molecular flexibility index (Phi) is 6.05. The van der Waals surface area contributed by atoms with Gasteiger partial charge in [-0.25, -0.2) is 18.2 Å². The van der Waals surface area contributed by atoms with Crippen LogP contribution in [0.4, 0.5) is 18.9 Å². The summed E-state index contributed by atoms with van der Waals surface area (Å²) in [5, 5.41) is 2.78. The number of benzene rings is 1. The molecule has 8 heteroatoms. The predicted molar refractivity (Wildman–Crippen MR) is 115 cm³/mol. The summed E-state index contributed by atoms with van der Waals surface area (Å²) in [5.41, 5.74) is 7.97. The Morgan fingerprint density at radius 3 is 2.69 bits per heavy atom. The van der Waals surface area contributed by atoms with Crippen LogP contribution in [0.3, 0.4) is 0 Å². The van der Waals surface area contributed by atoms with Crippen LogP contribution < -0.4 is 11.1 Å². The van der Waals surface area contributed by atoms with Gasteiger partial charge in [-0.05, 0) is 61.6 Å². The van der Waals surface area contributed by atoms with Crippen molar-refractivity contribution in [1.82, 2.24) is 9.97 Å². The maximum atomic E-state index is 14.3. The molecule has 0 radical (unpaired) electrons. The maximum absolute atomic E-state index is 14.3. The molecule has 0 saturated heterocycles. The average molecular weight is 438 g/mol. The number of amides is 1. The minimum absolute atomic E-state index is 0.0719. The summed E-state index contributed by atoms with van der Waals surface area (Å²) in [5.74, 6) is -3.08. The number of aromatic nitrogens is 2. The van der Waals surface area contributed by atoms with E-state index in [9.17, 15) is 18.0 Å². The molecule has 2 aromatic heterocycles. The van der Waals surface area contributed by atoms with Crippen LogP contribution >= 0.6 is 0 Å². The van der Waals surface area contributed by atoms with Crippen molar-refractivity contribution in [1.29, 1.82) is 0 Å². The Balaban J connectivity index is 1.63. The number of halogens is 3. The first kappa shape index (κ1) is 21.7. The molecule has 2 heterocycles. The highest BCUT2D eigenvalue weighted by atomic mass is 19.1. The van der Waals surface area contributed by atoms with Crippen molar-refractivity contribution < 1.29 is 18.0 Å². The third-order valence-corrected chi connectivity index (χ3v) is 5.43. The van der Waals surface area contributed by atoms with Gasteiger partial charge in [0.15, 0.2) is 0 Å². The van der Waals surface area contributed by atoms with Crippen molar-refractivity contribution in [3.05, 3.63) is 89.2 Å². The second-order valence-electron chi connectivity index (χ2n) is 7.88. The minimum Gasteiger partial charge on any atom is -0.324 e. The zero-order valence-corrected chi connectivity index (χ0v) is 17.3. The molecule has 1 aliphatic carbocycles. The van der Waals surface area contributed by atoms with Crippen LogP contribution in [0.2, 0.25) is 0 Å². The van der Waals surface area contributed by atoms with Crippen molar-refractivity contribution in [3.63, 3.8) is 0 Å². The number of nitrogens with zero attached hydrogens (tertiary/aromatic N) is 2. The zero-order chi connectivity index (χ0) is 22.8. The summed E-state index contributed by atoms with van der Waals surface area (Å²) >= 11 is 0. The highest BCUT2D eigenvalue weighted by Crippen LogP contribution is 2.36. The van der Waals surface area contributed by atoms with Gasteiger partial charge in [-0.15, -0.1) is 0 Å². The van der Waals surface area contributed by atoms with Gasteiger partial charge in [-0.1, -0.05) is 11.6 Å². The number of carbonyl (C=O) groups excluding carboxylic acids is 1. The van der Waals surface area contributed by atoms with E-state index in [0.29, 0.717) is 11.8 Å². The van der Waals surface area contributed by atoms with E-state index < -0.39 is 23.4 Å². The summed E-state index contributed by atoms with van der Waals surface area (Å²) in [6, 6.07) is 6.71. The second-order valence-corrected chi connectivity index (χ2v) is 7.88. The molecule has 0 fully saturated rings. The van der Waals surface area contributed by atoms with Gasteiger partial charge in [-0.3, -0.25) is 9.78 Å². The molecule has 0 spiro atoms. The largest absolute Gasteiger partial charge is 0.324 e. The first-order valence-corrected chi connectivity index (χ1v) is 10.1. The normalized spacial score (nSPS) is 18.2. The molecule has 32 heavy (non-hydrogen) atoms. The lowest BCUT2D eigenvalue weighted by atomic mass is 9.82. The molecule has 0 saturated carbocycles. The van der Waals surface area contributed by atoms with Crippen molar-refractivity contribution in [2.45, 2.75) is 31.7 Å². The number of carbonyl (C=O) groups is 1. The van der Waals surface area contributed by atoms with Gasteiger partial charge in [-0.2, -0.15) is 0 Å². The summed E-state index contributed by atoms with van der Waals surface area (Å²) in [6.07, 6.45) is 6.76. The first-order chi connectivity index (χ1) is 15.3. The average Bonchev–Trinajstić information content (AvgIpc) is 2.74. The summed E-state index contributed by atoms with van der Waals surface area (Å²) in [6.45, 7) is 2.02. The fourth-order valence-corrected chi connectivity index (χ4v) is 4.03. The maximum Gasteiger partial charge on any atom is 0.274 e. The molecular formula is C24H21F3N4O. The van der Waals surface area contributed by atoms with Gasteiger partial charge in [0.25, 0.3) is 5.91 Å². The second kappa shape index (κ2) is 8.92. The molecule has 5 nitrogen and oxygen atoms in total. The van der Waals surface area contributed by atoms with Gasteiger partial charge in [0.05, 0.1) is 11.9 Å². The van der Waals surface area contributed by atoms with Crippen molar-refractivity contribution in [3.8, 4) is 11.3 Å². The van der Waals surface area contributed by atoms with Gasteiger partial charge < -0.3 is 11.1 Å². The van der Waals surface area contributed by atoms with E-state index in [1.165, 1.54) is 17.8 Å². The van der Waals surface area contributed by atoms with E-state index in [1.807, 2.05) is 19.1 Å². The molecule has 2 atom stereocenters. The van der Waals surface area contributed by atoms with Crippen molar-refractivity contribution in [2.24, 2.45) is 5.73 Å². The monoisotopic (exact) mass is 438 g/mol. The Labute approximate surface area is 183 Å². The first-order valence-electron chi connectivity index (χ1n) is 10.1. The third-order valence-electron chi connectivity index (χ3n) is 5.43. The number of allylic oxidation sites excluding steroid dienone is 1. The molecule has 164 valence electrons. The lowest BCUT2D eigenvalue weighted by molar-refractivity contribution is 0.102. The van der Waals surface area contributed by atoms with Crippen LogP contribution in [-0.4, -0.2) is 21.9 Å². The van der Waals surface area contributed by atoms with Crippen LogP contribution in [0.1, 0.15) is 41.7 Å². The van der Waals surface area contributed by atoms with Crippen molar-refractivity contribution >= 4 is 11.6 Å². The molecule has 0 aliphatic heterocycles. The molecule has 1 aliphatic rings. The van der Waals surface area contributed by atoms with Crippen LogP contribution in [0.5, 0.6) is 0 Å². The van der Waals surface area contributed by atoms with E-state index in [4.69, 9.17) is 5.73 Å². The quantitative estimate of drug-likeness (QED) is 0.564. The molecule has 1 amide bonds. The zero-order valence-electron chi connectivity index (χ0n) is 17.3. The van der Waals surface area contributed by atoms with Crippen LogP contribution in [0, 0.1) is 17.5 Å². The molecule has 0 bridgehead atoms. The third kappa shape index (κ3) is 4.55. The highest BCUT2D eigenvalue weighted by Gasteiger charge is 2.24.